The topological polar surface area (TPSA) is 77.2 Å². The van der Waals surface area contributed by atoms with Crippen molar-refractivity contribution >= 4 is 22.4 Å². The summed E-state index contributed by atoms with van der Waals surface area (Å²) in [6.07, 6.45) is 0. The van der Waals surface area contributed by atoms with Gasteiger partial charge < -0.3 is 9.15 Å². The van der Waals surface area contributed by atoms with Crippen LogP contribution >= 0.6 is 11.3 Å². The van der Waals surface area contributed by atoms with E-state index in [2.05, 4.69) is 15.3 Å². The molecule has 6 nitrogen and oxygen atoms in total. The fraction of sp³-hybridized carbons (Fsp3) is 0.188. The molecule has 124 valence electrons. The molecule has 24 heavy (non-hydrogen) atoms. The van der Waals surface area contributed by atoms with Crippen LogP contribution in [0.25, 0.3) is 11.3 Å². The molecule has 8 heteroatoms. The van der Waals surface area contributed by atoms with Crippen molar-refractivity contribution in [3.8, 4) is 17.0 Å². The van der Waals surface area contributed by atoms with Crippen molar-refractivity contribution in [3.63, 3.8) is 0 Å². The summed E-state index contributed by atoms with van der Waals surface area (Å²) < 4.78 is 24.3. The Bertz CT molecular complexity index is 904. The van der Waals surface area contributed by atoms with Crippen LogP contribution in [0, 0.1) is 19.7 Å². The summed E-state index contributed by atoms with van der Waals surface area (Å²) in [7, 11) is 1.51. The van der Waals surface area contributed by atoms with Crippen molar-refractivity contribution in [2.45, 2.75) is 13.8 Å². The molecule has 0 saturated heterocycles. The summed E-state index contributed by atoms with van der Waals surface area (Å²) in [6.45, 7) is 3.35. The fourth-order valence-corrected chi connectivity index (χ4v) is 2.88. The number of nitrogens with zero attached hydrogens (tertiary/aromatic N) is 2. The van der Waals surface area contributed by atoms with E-state index < -0.39 is 11.7 Å². The summed E-state index contributed by atoms with van der Waals surface area (Å²) in [4.78, 5) is 20.5. The Balaban J connectivity index is 1.83. The third-order valence-electron chi connectivity index (χ3n) is 3.28. The highest BCUT2D eigenvalue weighted by molar-refractivity contribution is 7.14. The van der Waals surface area contributed by atoms with E-state index in [1.165, 1.54) is 30.6 Å². The van der Waals surface area contributed by atoms with Gasteiger partial charge >= 0.3 is 0 Å². The lowest BCUT2D eigenvalue weighted by molar-refractivity contribution is 0.0994. The van der Waals surface area contributed by atoms with E-state index in [0.717, 1.165) is 0 Å². The first-order chi connectivity index (χ1) is 11.5. The molecule has 3 aromatic rings. The van der Waals surface area contributed by atoms with Gasteiger partial charge in [-0.1, -0.05) is 0 Å². The van der Waals surface area contributed by atoms with Crippen LogP contribution in [0.4, 0.5) is 9.52 Å². The Hall–Kier alpha value is -2.74. The number of nitrogens with one attached hydrogen (secondary N) is 1. The van der Waals surface area contributed by atoms with Gasteiger partial charge in [0.1, 0.15) is 11.6 Å². The van der Waals surface area contributed by atoms with Gasteiger partial charge in [-0.15, -0.1) is 11.3 Å². The predicted molar refractivity (Wildman–Crippen MR) is 88.0 cm³/mol. The third kappa shape index (κ3) is 3.13. The second kappa shape index (κ2) is 6.40. The number of aromatic nitrogens is 2. The van der Waals surface area contributed by atoms with Crippen LogP contribution in [-0.4, -0.2) is 23.0 Å². The van der Waals surface area contributed by atoms with E-state index in [-0.39, 0.29) is 5.76 Å². The van der Waals surface area contributed by atoms with E-state index in [1.807, 2.05) is 0 Å². The number of thiazole rings is 1. The molecule has 2 heterocycles. The molecule has 0 saturated carbocycles. The standard InChI is InChI=1S/C16H14FN3O3S/c1-8-14(23-9(2)18-8)15(21)20-16-19-13(7-24-16)11-6-10(22-3)4-5-12(11)17/h4-7H,1-3H3,(H,19,20,21). The maximum Gasteiger partial charge on any atom is 0.295 e. The van der Waals surface area contributed by atoms with E-state index in [1.54, 1.807) is 25.3 Å². The van der Waals surface area contributed by atoms with Gasteiger partial charge in [0.2, 0.25) is 5.76 Å². The number of carbonyl (C=O) groups is 1. The largest absolute Gasteiger partial charge is 0.497 e. The maximum atomic E-state index is 14.0. The van der Waals surface area contributed by atoms with Gasteiger partial charge in [0.15, 0.2) is 11.0 Å². The number of hydrogen-bond donors (Lipinski definition) is 1. The SMILES string of the molecule is COc1ccc(F)c(-c2csc(NC(=O)c3oc(C)nc3C)n2)c1. The number of ether oxygens (including phenoxy) is 1. The molecular weight excluding hydrogens is 333 g/mol. The molecule has 1 aromatic carbocycles. The first-order valence-corrected chi connectivity index (χ1v) is 7.90. The Labute approximate surface area is 141 Å². The predicted octanol–water partition coefficient (Wildman–Crippen LogP) is 3.81. The average molecular weight is 347 g/mol. The summed E-state index contributed by atoms with van der Waals surface area (Å²) in [5, 5.41) is 4.63. The zero-order chi connectivity index (χ0) is 17.3. The van der Waals surface area contributed by atoms with Gasteiger partial charge in [-0.2, -0.15) is 0 Å². The van der Waals surface area contributed by atoms with Gasteiger partial charge in [-0.25, -0.2) is 14.4 Å². The molecule has 1 amide bonds. The number of aryl methyl sites for hydroxylation is 2. The summed E-state index contributed by atoms with van der Waals surface area (Å²) in [5.74, 6) is 0.214. The lowest BCUT2D eigenvalue weighted by Crippen LogP contribution is -2.12. The number of benzene rings is 1. The Morgan fingerprint density at radius 2 is 2.12 bits per heavy atom. The first kappa shape index (κ1) is 16.1. The first-order valence-electron chi connectivity index (χ1n) is 7.02. The fourth-order valence-electron chi connectivity index (χ4n) is 2.18. The number of methoxy groups -OCH3 is 1. The van der Waals surface area contributed by atoms with Gasteiger partial charge in [0.05, 0.1) is 18.5 Å². The quantitative estimate of drug-likeness (QED) is 0.776. The van der Waals surface area contributed by atoms with E-state index in [4.69, 9.17) is 9.15 Å². The van der Waals surface area contributed by atoms with Crippen molar-refractivity contribution in [1.29, 1.82) is 0 Å². The molecule has 0 spiro atoms. The lowest BCUT2D eigenvalue weighted by Gasteiger charge is -2.03. The van der Waals surface area contributed by atoms with Gasteiger partial charge in [0.25, 0.3) is 5.91 Å². The van der Waals surface area contributed by atoms with Crippen molar-refractivity contribution in [3.05, 3.63) is 46.7 Å². The summed E-state index contributed by atoms with van der Waals surface area (Å²) in [6, 6.07) is 4.40. The normalized spacial score (nSPS) is 10.7. The monoisotopic (exact) mass is 347 g/mol. The number of amides is 1. The van der Waals surface area contributed by atoms with E-state index >= 15 is 0 Å². The molecule has 3 rings (SSSR count). The third-order valence-corrected chi connectivity index (χ3v) is 4.04. The van der Waals surface area contributed by atoms with Crippen LogP contribution < -0.4 is 10.1 Å². The second-order valence-corrected chi connectivity index (χ2v) is 5.84. The van der Waals surface area contributed by atoms with Crippen LogP contribution in [-0.2, 0) is 0 Å². The number of oxazole rings is 1. The highest BCUT2D eigenvalue weighted by Crippen LogP contribution is 2.30. The number of halogens is 1. The number of carbonyl (C=O) groups excluding carboxylic acids is 1. The highest BCUT2D eigenvalue weighted by Gasteiger charge is 2.18. The van der Waals surface area contributed by atoms with Crippen LogP contribution in [0.1, 0.15) is 22.1 Å². The number of anilines is 1. The second-order valence-electron chi connectivity index (χ2n) is 4.99. The minimum atomic E-state index is -0.444. The van der Waals surface area contributed by atoms with Gasteiger partial charge in [-0.05, 0) is 25.1 Å². The molecule has 0 fully saturated rings. The molecule has 0 aliphatic heterocycles. The Morgan fingerprint density at radius 1 is 1.33 bits per heavy atom. The Morgan fingerprint density at radius 3 is 2.79 bits per heavy atom. The van der Waals surface area contributed by atoms with Crippen molar-refractivity contribution < 1.29 is 18.3 Å². The molecule has 0 bridgehead atoms. The van der Waals surface area contributed by atoms with Crippen LogP contribution in [0.5, 0.6) is 5.75 Å². The van der Waals surface area contributed by atoms with Crippen LogP contribution in [0.2, 0.25) is 0 Å². The zero-order valence-electron chi connectivity index (χ0n) is 13.2. The van der Waals surface area contributed by atoms with Gasteiger partial charge in [-0.3, -0.25) is 10.1 Å². The van der Waals surface area contributed by atoms with Gasteiger partial charge in [0, 0.05) is 17.9 Å². The highest BCUT2D eigenvalue weighted by atomic mass is 32.1. The molecular formula is C16H14FN3O3S. The number of hydrogen-bond acceptors (Lipinski definition) is 6. The van der Waals surface area contributed by atoms with E-state index in [9.17, 15) is 9.18 Å². The van der Waals surface area contributed by atoms with Crippen LogP contribution in [0.3, 0.4) is 0 Å². The molecule has 0 aliphatic carbocycles. The zero-order valence-corrected chi connectivity index (χ0v) is 14.0. The molecule has 0 atom stereocenters. The molecule has 2 aromatic heterocycles. The minimum absolute atomic E-state index is 0.136. The molecule has 0 radical (unpaired) electrons. The van der Waals surface area contributed by atoms with E-state index in [0.29, 0.717) is 33.7 Å². The maximum absolute atomic E-state index is 14.0. The van der Waals surface area contributed by atoms with Crippen molar-refractivity contribution in [2.75, 3.05) is 12.4 Å². The Kier molecular flexibility index (Phi) is 4.30. The minimum Gasteiger partial charge on any atom is -0.497 e. The summed E-state index contributed by atoms with van der Waals surface area (Å²) in [5.41, 5.74) is 1.22. The van der Waals surface area contributed by atoms with Crippen molar-refractivity contribution in [2.24, 2.45) is 0 Å². The molecule has 0 aliphatic rings. The smallest absolute Gasteiger partial charge is 0.295 e. The molecule has 0 unspecified atom stereocenters. The van der Waals surface area contributed by atoms with Crippen molar-refractivity contribution in [1.82, 2.24) is 9.97 Å². The average Bonchev–Trinajstić information content (AvgIpc) is 3.14. The lowest BCUT2D eigenvalue weighted by atomic mass is 10.1. The van der Waals surface area contributed by atoms with Crippen LogP contribution in [0.15, 0.2) is 28.0 Å². The molecule has 1 N–H and O–H groups in total. The summed E-state index contributed by atoms with van der Waals surface area (Å²) >= 11 is 1.19. The number of rotatable bonds is 4.